The van der Waals surface area contributed by atoms with E-state index in [0.717, 1.165) is 37.8 Å². The minimum Gasteiger partial charge on any atom is -0.508 e. The van der Waals surface area contributed by atoms with E-state index in [-0.39, 0.29) is 120 Å². The zero-order chi connectivity index (χ0) is 106. The van der Waals surface area contributed by atoms with Crippen LogP contribution in [0.3, 0.4) is 0 Å². The minimum absolute atomic E-state index is 0.0117. The SMILES string of the molecule is CC[C@H](C)[C@@H]1NC(=O)CC2(CCCCC2)SSC[C@H](N)C(=O)N[C@@H](Cc2ccc(O)cc2)C(=O)N[C@@H]([C@@H](C)CC)C(=O)N[C@@H](CCC(N)=O)C(=O)N[C@@H](CC(N)=O)C(=O)N[C@H](C(=O)N2CCC[C@@H]2C(=O)N[C@@H](CC(C)C)C(=O)NCC(N)=O)CSSC[C@@H](C(=O)N2CCC[C@H]2C(=O)N[C@@H](CCCN=C(N)N)C(=O)NCC(N)=O)NC(=O)[C@H](CC(N)=O)NC(=O)[C@H]([C@@H](C)CC)NC(=O)[C@H](Cc2ccccc2)NC1=O. The third-order valence-corrected chi connectivity index (χ3v) is 30.8. The highest BCUT2D eigenvalue weighted by Crippen LogP contribution is 2.48. The van der Waals surface area contributed by atoms with Crippen molar-refractivity contribution in [3.63, 3.8) is 0 Å². The minimum atomic E-state index is -2.10. The number of nitrogens with zero attached hydrogens (tertiary/aromatic N) is 3. The number of phenols is 1. The van der Waals surface area contributed by atoms with Crippen LogP contribution in [-0.4, -0.2) is 290 Å². The summed E-state index contributed by atoms with van der Waals surface area (Å²) >= 11 is 0. The summed E-state index contributed by atoms with van der Waals surface area (Å²) < 4.78 is -0.791. The lowest BCUT2D eigenvalue weighted by molar-refractivity contribution is -0.142. The molecule has 1 saturated carbocycles. The van der Waals surface area contributed by atoms with Crippen molar-refractivity contribution in [1.29, 1.82) is 0 Å². The van der Waals surface area contributed by atoms with Gasteiger partial charge in [-0.1, -0.05) is 180 Å². The number of carbonyl (C=O) groups excluding carboxylic acids is 21. The number of phenolic OH excluding ortho intramolecular Hbond substituents is 1. The molecule has 2 aromatic rings. The van der Waals surface area contributed by atoms with Gasteiger partial charge in [-0.2, -0.15) is 0 Å². The van der Waals surface area contributed by atoms with Gasteiger partial charge in [0.15, 0.2) is 5.96 Å². The van der Waals surface area contributed by atoms with Gasteiger partial charge in [-0.25, -0.2) is 0 Å². The van der Waals surface area contributed by atoms with Crippen molar-refractivity contribution >= 4 is 173 Å². The van der Waals surface area contributed by atoms with Crippen LogP contribution in [0.1, 0.15) is 195 Å². The Morgan fingerprint density at radius 2 is 0.888 bits per heavy atom. The van der Waals surface area contributed by atoms with Gasteiger partial charge in [0.25, 0.3) is 0 Å². The van der Waals surface area contributed by atoms with Crippen molar-refractivity contribution in [3.05, 3.63) is 65.7 Å². The summed E-state index contributed by atoms with van der Waals surface area (Å²) in [5, 5.41) is 46.8. The van der Waals surface area contributed by atoms with Crippen LogP contribution in [-0.2, 0) is 114 Å². The van der Waals surface area contributed by atoms with Gasteiger partial charge >= 0.3 is 0 Å². The molecule has 6 rings (SSSR count). The van der Waals surface area contributed by atoms with Gasteiger partial charge in [0.1, 0.15) is 90.3 Å². The Balaban J connectivity index is 1.54. The van der Waals surface area contributed by atoms with Gasteiger partial charge < -0.3 is 135 Å². The van der Waals surface area contributed by atoms with Crippen molar-refractivity contribution in [1.82, 2.24) is 84.2 Å². The van der Waals surface area contributed by atoms with Crippen molar-refractivity contribution in [2.75, 3.05) is 50.0 Å². The van der Waals surface area contributed by atoms with Gasteiger partial charge in [-0.3, -0.25) is 106 Å². The summed E-state index contributed by atoms with van der Waals surface area (Å²) in [5.74, 6) is -25.0. The van der Waals surface area contributed by atoms with Crippen molar-refractivity contribution in [2.45, 2.75) is 292 Å². The Hall–Kier alpha value is -12.3. The molecule has 1 spiro atoms. The number of benzene rings is 2. The maximum atomic E-state index is 15.7. The summed E-state index contributed by atoms with van der Waals surface area (Å²) in [7, 11) is 3.96. The fraction of sp³-hybridized carbons (Fsp3) is 0.630. The number of carbonyl (C=O) groups is 21. The van der Waals surface area contributed by atoms with Crippen LogP contribution in [0.2, 0.25) is 0 Å². The summed E-state index contributed by atoms with van der Waals surface area (Å²) in [6.07, 6.45) is 0.170. The van der Waals surface area contributed by atoms with Crippen LogP contribution in [0.25, 0.3) is 0 Å². The third-order valence-electron chi connectivity index (χ3n) is 25.0. The Morgan fingerprint density at radius 1 is 0.469 bits per heavy atom. The number of guanidine groups is 1. The highest BCUT2D eigenvalue weighted by Gasteiger charge is 2.46. The Labute approximate surface area is 846 Å². The zero-order valence-electron chi connectivity index (χ0n) is 82.0. The van der Waals surface area contributed by atoms with Gasteiger partial charge in [0.05, 0.1) is 32.0 Å². The average molecular weight is 2080 g/mol. The molecular weight excluding hydrogens is 1940 g/mol. The van der Waals surface area contributed by atoms with Gasteiger partial charge in [0.2, 0.25) is 124 Å². The van der Waals surface area contributed by atoms with E-state index in [1.165, 1.54) is 45.9 Å². The van der Waals surface area contributed by atoms with E-state index in [1.807, 2.05) is 0 Å². The molecule has 21 amide bonds. The molecule has 1 aliphatic carbocycles. The number of likely N-dealkylation sites (tertiary alicyclic amines) is 2. The van der Waals surface area contributed by atoms with Crippen LogP contribution in [0.5, 0.6) is 5.75 Å². The second kappa shape index (κ2) is 59.7. The number of nitrogens with one attached hydrogen (secondary N) is 14. The largest absolute Gasteiger partial charge is 0.508 e. The number of hydrogen-bond acceptors (Lipinski definition) is 28. The molecule has 51 heteroatoms. The molecule has 4 fully saturated rings. The first-order valence-corrected chi connectivity index (χ1v) is 52.9. The molecule has 47 nitrogen and oxygen atoms in total. The maximum absolute atomic E-state index is 15.7. The molecule has 0 bridgehead atoms. The second-order valence-corrected chi connectivity index (χ2v) is 42.3. The first kappa shape index (κ1) is 119. The van der Waals surface area contributed by atoms with Crippen molar-refractivity contribution in [3.8, 4) is 5.75 Å². The van der Waals surface area contributed by atoms with Crippen LogP contribution < -0.4 is 120 Å². The van der Waals surface area contributed by atoms with Crippen LogP contribution in [0.15, 0.2) is 59.6 Å². The number of hydrogen-bond donors (Lipinski definition) is 23. The Bertz CT molecular complexity index is 4810. The molecule has 18 atom stereocenters. The van der Waals surface area contributed by atoms with E-state index in [9.17, 15) is 57.8 Å². The fourth-order valence-electron chi connectivity index (χ4n) is 16.5. The van der Waals surface area contributed by atoms with Gasteiger partial charge in [-0.15, -0.1) is 0 Å². The molecule has 31 N–H and O–H groups in total. The molecular formula is C92H143N25O22S4. The monoisotopic (exact) mass is 2080 g/mol. The van der Waals surface area contributed by atoms with Crippen LogP contribution >= 0.6 is 43.2 Å². The lowest BCUT2D eigenvalue weighted by Gasteiger charge is -2.36. The normalized spacial score (nSPS) is 24.4. The summed E-state index contributed by atoms with van der Waals surface area (Å²) in [5.41, 5.74) is 46.7. The van der Waals surface area contributed by atoms with Crippen LogP contribution in [0, 0.1) is 23.7 Å². The van der Waals surface area contributed by atoms with E-state index in [1.54, 1.807) is 85.7 Å². The fourth-order valence-corrected chi connectivity index (χ4v) is 22.2. The molecule has 0 unspecified atom stereocenters. The lowest BCUT2D eigenvalue weighted by Crippen LogP contribution is -2.62. The standard InChI is InChI=1S/C92H143N25O22S4/c1-9-49(6)73-86(135)109-60(38-52-21-14-12-15-22-52)83(132)115-75(51(8)11-3)88(137)110-62(41-69(96)121)81(130)112-64(89(138)116-35-19-24-65(116)84(133)104-56(23-18-34-101-91(99)100)77(126)102-43-70(97)122)47-141-140-46-63(90(139)117-36-20-25-66(117)85(134)108-58(37-48(4)5)78(127)103-44-71(98)123)111-80(129)61(40-68(95)120)107-79(128)57(30-31-67(94)119)105-87(136)74(50(7)10-2)114-82(131)59(39-53-26-28-54(118)29-27-53)106-76(125)55(93)45-142-143-92(42-72(124)113-73)32-16-13-17-33-92/h12,14-15,21-22,26-29,48-51,55-66,73-75,118H,9-11,13,16-20,23-25,30-47,93H2,1-8H3,(H2,94,119)(H2,95,120)(H2,96,121)(H2,97,122)(H2,98,123)(H,102,126)(H,103,127)(H,104,133)(H,105,136)(H,106,125)(H,107,128)(H,108,134)(H,109,135)(H,110,137)(H,111,129)(H,112,130)(H,113,124)(H,114,131)(H,115,132)(H4,99,100,101)/t49-,50-,51-,55-,56-,57-,58-,59-,60-,61-,62-,63-,64-,65-,66+,73-,74-,75-/m0/s1. The molecule has 3 aliphatic heterocycles. The topological polar surface area (TPSA) is 774 Å². The van der Waals surface area contributed by atoms with Crippen molar-refractivity contribution in [2.24, 2.45) is 74.5 Å². The second-order valence-electron chi connectivity index (χ2n) is 36.9. The van der Waals surface area contributed by atoms with Gasteiger partial charge in [0, 0.05) is 67.3 Å². The van der Waals surface area contributed by atoms with Crippen molar-refractivity contribution < 1.29 is 106 Å². The number of nitrogens with two attached hydrogens (primary N) is 8. The molecule has 792 valence electrons. The predicted octanol–water partition coefficient (Wildman–Crippen LogP) is -4.37. The first-order chi connectivity index (χ1) is 67.7. The number of rotatable bonds is 35. The van der Waals surface area contributed by atoms with Crippen LogP contribution in [0.4, 0.5) is 0 Å². The Morgan fingerprint density at radius 3 is 1.34 bits per heavy atom. The predicted molar refractivity (Wildman–Crippen MR) is 536 cm³/mol. The Kier molecular flexibility index (Phi) is 49.9. The number of aromatic hydroxyl groups is 1. The summed E-state index contributed by atoms with van der Waals surface area (Å²) in [6, 6.07) is -9.92. The first-order valence-electron chi connectivity index (χ1n) is 48.1. The molecule has 143 heavy (non-hydrogen) atoms. The third kappa shape index (κ3) is 39.8. The molecule has 3 heterocycles. The quantitative estimate of drug-likeness (QED) is 0.0134. The summed E-state index contributed by atoms with van der Waals surface area (Å²) in [6.45, 7) is 11.8. The number of amides is 21. The molecule has 0 aromatic heterocycles. The maximum Gasteiger partial charge on any atom is 0.246 e. The van der Waals surface area contributed by atoms with E-state index in [0.29, 0.717) is 43.2 Å². The molecule has 4 aliphatic rings. The lowest BCUT2D eigenvalue weighted by atomic mass is 9.85. The van der Waals surface area contributed by atoms with E-state index in [4.69, 9.17) is 45.9 Å². The van der Waals surface area contributed by atoms with E-state index < -0.39 is 287 Å². The highest BCUT2D eigenvalue weighted by atomic mass is 33.1. The summed E-state index contributed by atoms with van der Waals surface area (Å²) in [4.78, 5) is 308. The number of aliphatic imine (C=N–C) groups is 1. The molecule has 3 saturated heterocycles. The smallest absolute Gasteiger partial charge is 0.246 e. The molecule has 0 radical (unpaired) electrons. The molecule has 2 aromatic carbocycles. The van der Waals surface area contributed by atoms with Gasteiger partial charge in [-0.05, 0) is 111 Å². The average Bonchev–Trinajstić information content (AvgIpc) is 1.70. The zero-order valence-corrected chi connectivity index (χ0v) is 85.3. The highest BCUT2D eigenvalue weighted by molar-refractivity contribution is 8.77. The van der Waals surface area contributed by atoms with E-state index >= 15 is 47.9 Å². The van der Waals surface area contributed by atoms with E-state index in [2.05, 4.69) is 79.4 Å². The number of primary amides is 5.